The molecule has 0 atom stereocenters. The van der Waals surface area contributed by atoms with Crippen LogP contribution in [0.1, 0.15) is 62.8 Å². The Morgan fingerprint density at radius 1 is 0.290 bits per heavy atom. The molecule has 9 aromatic carbocycles. The number of aryl methyl sites for hydroxylation is 4. The molecule has 62 heavy (non-hydrogen) atoms. The number of fused-ring (bicyclic) bond motifs is 2. The van der Waals surface area contributed by atoms with Gasteiger partial charge in [-0.1, -0.05) is 162 Å². The number of nitrogens with zero attached hydrogens (tertiary/aromatic N) is 2. The summed E-state index contributed by atoms with van der Waals surface area (Å²) in [6.45, 7) is 8.96. The lowest BCUT2D eigenvalue weighted by molar-refractivity contribution is 0.921. The molecule has 0 aromatic heterocycles. The van der Waals surface area contributed by atoms with Gasteiger partial charge in [0.05, 0.1) is 0 Å². The van der Waals surface area contributed by atoms with Gasteiger partial charge in [-0.3, -0.25) is 0 Å². The molecule has 2 heteroatoms. The smallest absolute Gasteiger partial charge is 0.0468 e. The first-order valence-corrected chi connectivity index (χ1v) is 22.7. The van der Waals surface area contributed by atoms with Crippen molar-refractivity contribution >= 4 is 55.7 Å². The lowest BCUT2D eigenvalue weighted by Crippen LogP contribution is -2.11. The van der Waals surface area contributed by atoms with Gasteiger partial charge in [-0.05, 0) is 165 Å². The molecule has 0 bridgehead atoms. The van der Waals surface area contributed by atoms with Crippen LogP contribution in [0.2, 0.25) is 0 Å². The molecule has 2 nitrogen and oxygen atoms in total. The first-order chi connectivity index (χ1) is 30.6. The normalized spacial score (nSPS) is 11.3. The van der Waals surface area contributed by atoms with Gasteiger partial charge in [0.2, 0.25) is 0 Å². The minimum absolute atomic E-state index is 1.01. The second kappa shape index (κ2) is 18.4. The molecule has 0 amide bonds. The SMILES string of the molecule is CCCc1cccc(N(c2ccc(CC)cc2)c2ccc3c(-c4ccccc4)c4cc(N(c5ccc(CC)cc5)c5cccc(CCC)c5)ccc4c(-c4ccccc4)c3c2)c1. The second-order valence-corrected chi connectivity index (χ2v) is 16.5. The molecule has 9 aromatic rings. The van der Waals surface area contributed by atoms with Gasteiger partial charge >= 0.3 is 0 Å². The number of rotatable bonds is 14. The van der Waals surface area contributed by atoms with Crippen LogP contribution in [0.4, 0.5) is 34.1 Å². The number of anilines is 6. The molecule has 0 saturated heterocycles. The highest BCUT2D eigenvalue weighted by Crippen LogP contribution is 2.48. The standard InChI is InChI=1S/C60H56N2/c1-5-17-45-19-15-25-51(39-45)61(49-31-27-43(7-3)28-32-49)53-35-37-55-57(41-53)59(47-21-11-9-12-22-47)56-38-36-54(42-58(56)60(55)48-23-13-10-14-24-48)62(50-33-29-44(8-4)30-34-50)52-26-16-20-46(40-52)18-6-2/h9-16,19-42H,5-8,17-18H2,1-4H3. The Morgan fingerprint density at radius 3 is 1.03 bits per heavy atom. The maximum absolute atomic E-state index is 2.44. The van der Waals surface area contributed by atoms with Gasteiger partial charge in [0, 0.05) is 34.1 Å². The van der Waals surface area contributed by atoms with Crippen molar-refractivity contribution in [2.24, 2.45) is 0 Å². The molecule has 0 unspecified atom stereocenters. The Kier molecular flexibility index (Phi) is 12.0. The van der Waals surface area contributed by atoms with E-state index in [0.717, 1.165) is 61.3 Å². The first kappa shape index (κ1) is 40.5. The minimum Gasteiger partial charge on any atom is -0.310 e. The topological polar surface area (TPSA) is 6.48 Å². The van der Waals surface area contributed by atoms with Gasteiger partial charge in [-0.2, -0.15) is 0 Å². The van der Waals surface area contributed by atoms with Gasteiger partial charge in [-0.25, -0.2) is 0 Å². The third-order valence-electron chi connectivity index (χ3n) is 12.3. The molecular weight excluding hydrogens is 749 g/mol. The second-order valence-electron chi connectivity index (χ2n) is 16.5. The highest BCUT2D eigenvalue weighted by Gasteiger charge is 2.22. The molecule has 0 saturated carbocycles. The summed E-state index contributed by atoms with van der Waals surface area (Å²) < 4.78 is 0. The van der Waals surface area contributed by atoms with E-state index < -0.39 is 0 Å². The van der Waals surface area contributed by atoms with Crippen LogP contribution in [0.25, 0.3) is 43.8 Å². The zero-order valence-electron chi connectivity index (χ0n) is 36.6. The molecule has 0 aliphatic rings. The van der Waals surface area contributed by atoms with Crippen molar-refractivity contribution in [3.8, 4) is 22.3 Å². The van der Waals surface area contributed by atoms with Crippen LogP contribution in [0.15, 0.2) is 194 Å². The lowest BCUT2D eigenvalue weighted by Gasteiger charge is -2.28. The molecule has 0 spiro atoms. The van der Waals surface area contributed by atoms with E-state index in [1.165, 1.54) is 77.4 Å². The predicted molar refractivity (Wildman–Crippen MR) is 268 cm³/mol. The van der Waals surface area contributed by atoms with Gasteiger partial charge in [0.25, 0.3) is 0 Å². The fourth-order valence-electron chi connectivity index (χ4n) is 9.25. The maximum Gasteiger partial charge on any atom is 0.0468 e. The van der Waals surface area contributed by atoms with Crippen molar-refractivity contribution in [3.05, 3.63) is 216 Å². The van der Waals surface area contributed by atoms with E-state index in [9.17, 15) is 0 Å². The van der Waals surface area contributed by atoms with Crippen LogP contribution in [0.3, 0.4) is 0 Å². The van der Waals surface area contributed by atoms with E-state index in [-0.39, 0.29) is 0 Å². The summed E-state index contributed by atoms with van der Waals surface area (Å²) in [5.41, 5.74) is 17.2. The zero-order valence-corrected chi connectivity index (χ0v) is 36.6. The van der Waals surface area contributed by atoms with E-state index in [1.807, 2.05) is 0 Å². The van der Waals surface area contributed by atoms with Crippen molar-refractivity contribution in [1.82, 2.24) is 0 Å². The molecule has 306 valence electrons. The zero-order chi connectivity index (χ0) is 42.4. The van der Waals surface area contributed by atoms with Gasteiger partial charge in [-0.15, -0.1) is 0 Å². The largest absolute Gasteiger partial charge is 0.310 e. The predicted octanol–water partition coefficient (Wildman–Crippen LogP) is 17.3. The monoisotopic (exact) mass is 804 g/mol. The summed E-state index contributed by atoms with van der Waals surface area (Å²) in [6.07, 6.45) is 6.33. The maximum atomic E-state index is 2.44. The average Bonchev–Trinajstić information content (AvgIpc) is 3.32. The van der Waals surface area contributed by atoms with Crippen LogP contribution in [-0.4, -0.2) is 0 Å². The minimum atomic E-state index is 1.01. The molecule has 0 heterocycles. The summed E-state index contributed by atoms with van der Waals surface area (Å²) in [4.78, 5) is 4.88. The van der Waals surface area contributed by atoms with Gasteiger partial charge < -0.3 is 9.80 Å². The Bertz CT molecular complexity index is 2730. The Balaban J connectivity index is 1.34. The summed E-state index contributed by atoms with van der Waals surface area (Å²) in [6, 6.07) is 72.7. The molecule has 0 aliphatic carbocycles. The number of benzene rings is 9. The average molecular weight is 805 g/mol. The van der Waals surface area contributed by atoms with Crippen LogP contribution in [0, 0.1) is 0 Å². The fraction of sp³-hybridized carbons (Fsp3) is 0.167. The highest BCUT2D eigenvalue weighted by molar-refractivity contribution is 6.22. The summed E-state index contributed by atoms with van der Waals surface area (Å²) in [7, 11) is 0. The highest BCUT2D eigenvalue weighted by atomic mass is 15.1. The van der Waals surface area contributed by atoms with Crippen LogP contribution in [-0.2, 0) is 25.7 Å². The van der Waals surface area contributed by atoms with Crippen LogP contribution >= 0.6 is 0 Å². The van der Waals surface area contributed by atoms with Gasteiger partial charge in [0.15, 0.2) is 0 Å². The molecule has 9 rings (SSSR count). The third-order valence-corrected chi connectivity index (χ3v) is 12.3. The van der Waals surface area contributed by atoms with E-state index in [4.69, 9.17) is 0 Å². The molecular formula is C60H56N2. The molecule has 0 radical (unpaired) electrons. The van der Waals surface area contributed by atoms with Crippen molar-refractivity contribution in [1.29, 1.82) is 0 Å². The quantitative estimate of drug-likeness (QED) is 0.101. The van der Waals surface area contributed by atoms with Crippen LogP contribution in [0.5, 0.6) is 0 Å². The van der Waals surface area contributed by atoms with Crippen molar-refractivity contribution in [2.45, 2.75) is 66.2 Å². The Morgan fingerprint density at radius 2 is 0.661 bits per heavy atom. The van der Waals surface area contributed by atoms with E-state index in [2.05, 4.69) is 232 Å². The van der Waals surface area contributed by atoms with E-state index in [1.54, 1.807) is 0 Å². The number of hydrogen-bond acceptors (Lipinski definition) is 2. The van der Waals surface area contributed by atoms with Crippen molar-refractivity contribution < 1.29 is 0 Å². The molecule has 0 N–H and O–H groups in total. The summed E-state index contributed by atoms with van der Waals surface area (Å²) >= 11 is 0. The molecule has 0 fully saturated rings. The van der Waals surface area contributed by atoms with Crippen molar-refractivity contribution in [2.75, 3.05) is 9.80 Å². The third kappa shape index (κ3) is 8.14. The fourth-order valence-corrected chi connectivity index (χ4v) is 9.25. The summed E-state index contributed by atoms with van der Waals surface area (Å²) in [5, 5.41) is 4.92. The molecule has 0 aliphatic heterocycles. The van der Waals surface area contributed by atoms with E-state index in [0.29, 0.717) is 0 Å². The van der Waals surface area contributed by atoms with Gasteiger partial charge in [0.1, 0.15) is 0 Å². The van der Waals surface area contributed by atoms with E-state index >= 15 is 0 Å². The Hall–Kier alpha value is -6.90. The van der Waals surface area contributed by atoms with Crippen molar-refractivity contribution in [3.63, 3.8) is 0 Å². The lowest BCUT2D eigenvalue weighted by atomic mass is 9.85. The number of hydrogen-bond donors (Lipinski definition) is 0. The summed E-state index contributed by atoms with van der Waals surface area (Å²) in [5.74, 6) is 0. The van der Waals surface area contributed by atoms with Crippen LogP contribution < -0.4 is 9.80 Å². The Labute approximate surface area is 368 Å². The first-order valence-electron chi connectivity index (χ1n) is 22.7.